The van der Waals surface area contributed by atoms with Crippen molar-refractivity contribution in [2.45, 2.75) is 25.5 Å². The Labute approximate surface area is 106 Å². The lowest BCUT2D eigenvalue weighted by Crippen LogP contribution is -2.59. The van der Waals surface area contributed by atoms with Crippen molar-refractivity contribution in [2.75, 3.05) is 26.2 Å². The molecule has 1 aromatic heterocycles. The number of nitrogens with zero attached hydrogens (tertiary/aromatic N) is 3. The van der Waals surface area contributed by atoms with Crippen LogP contribution in [0.1, 0.15) is 13.3 Å². The van der Waals surface area contributed by atoms with E-state index in [0.717, 1.165) is 26.1 Å². The smallest absolute Gasteiger partial charge is 0.246 e. The molecule has 0 atom stereocenters. The molecule has 100 valence electrons. The van der Waals surface area contributed by atoms with E-state index in [1.165, 1.54) is 0 Å². The maximum atomic E-state index is 11.5. The summed E-state index contributed by atoms with van der Waals surface area (Å²) >= 11 is 0. The number of hydrogen-bond donors (Lipinski definition) is 2. The van der Waals surface area contributed by atoms with Gasteiger partial charge in [0.15, 0.2) is 0 Å². The molecule has 0 radical (unpaired) electrons. The van der Waals surface area contributed by atoms with Crippen molar-refractivity contribution in [1.29, 1.82) is 0 Å². The van der Waals surface area contributed by atoms with E-state index in [1.54, 1.807) is 17.1 Å². The standard InChI is InChI=1S/C11H19N5O2/c1-11(8-12-9-11)18-7-10(17)13-3-2-5-16-6-4-14-15-16/h4,6,12H,2-3,5,7-9H2,1H3,(H,13,17). The number of hydrogen-bond acceptors (Lipinski definition) is 5. The van der Waals surface area contributed by atoms with Crippen LogP contribution in [0.5, 0.6) is 0 Å². The monoisotopic (exact) mass is 253 g/mol. The molecule has 2 rings (SSSR count). The van der Waals surface area contributed by atoms with Crippen LogP contribution in [-0.4, -0.2) is 52.7 Å². The molecule has 1 aliphatic heterocycles. The van der Waals surface area contributed by atoms with Gasteiger partial charge in [-0.1, -0.05) is 5.21 Å². The van der Waals surface area contributed by atoms with Crippen LogP contribution in [0, 0.1) is 0 Å². The van der Waals surface area contributed by atoms with E-state index in [4.69, 9.17) is 4.74 Å². The fourth-order valence-corrected chi connectivity index (χ4v) is 1.69. The highest BCUT2D eigenvalue weighted by molar-refractivity contribution is 5.77. The summed E-state index contributed by atoms with van der Waals surface area (Å²) in [5.41, 5.74) is -0.169. The number of rotatable bonds is 7. The third-order valence-corrected chi connectivity index (χ3v) is 2.91. The molecule has 7 heteroatoms. The van der Waals surface area contributed by atoms with Crippen LogP contribution in [-0.2, 0) is 16.1 Å². The van der Waals surface area contributed by atoms with Gasteiger partial charge in [-0.05, 0) is 13.3 Å². The zero-order valence-corrected chi connectivity index (χ0v) is 10.6. The van der Waals surface area contributed by atoms with Gasteiger partial charge in [-0.25, -0.2) is 0 Å². The molecular weight excluding hydrogens is 234 g/mol. The van der Waals surface area contributed by atoms with E-state index < -0.39 is 0 Å². The summed E-state index contributed by atoms with van der Waals surface area (Å²) in [5.74, 6) is -0.0679. The Morgan fingerprint density at radius 2 is 2.44 bits per heavy atom. The van der Waals surface area contributed by atoms with Crippen molar-refractivity contribution in [3.05, 3.63) is 12.4 Å². The average molecular weight is 253 g/mol. The first kappa shape index (κ1) is 13.0. The summed E-state index contributed by atoms with van der Waals surface area (Å²) in [6, 6.07) is 0. The molecule has 1 amide bonds. The summed E-state index contributed by atoms with van der Waals surface area (Å²) in [6.45, 7) is 5.13. The average Bonchev–Trinajstić information content (AvgIpc) is 2.82. The molecule has 0 aliphatic carbocycles. The number of ether oxygens (including phenoxy) is 1. The second-order valence-electron chi connectivity index (χ2n) is 4.71. The van der Waals surface area contributed by atoms with Crippen LogP contribution >= 0.6 is 0 Å². The fraction of sp³-hybridized carbons (Fsp3) is 0.727. The Morgan fingerprint density at radius 1 is 1.61 bits per heavy atom. The van der Waals surface area contributed by atoms with Gasteiger partial charge in [0.2, 0.25) is 5.91 Å². The molecule has 0 bridgehead atoms. The molecular formula is C11H19N5O2. The lowest BCUT2D eigenvalue weighted by Gasteiger charge is -2.38. The lowest BCUT2D eigenvalue weighted by molar-refractivity contribution is -0.135. The summed E-state index contributed by atoms with van der Waals surface area (Å²) in [6.07, 6.45) is 4.27. The number of nitrogens with one attached hydrogen (secondary N) is 2. The molecule has 0 aromatic carbocycles. The molecule has 1 fully saturated rings. The van der Waals surface area contributed by atoms with Crippen LogP contribution in [0.2, 0.25) is 0 Å². The van der Waals surface area contributed by atoms with E-state index in [1.807, 2.05) is 6.92 Å². The predicted octanol–water partition coefficient (Wildman–Crippen LogP) is -0.837. The third-order valence-electron chi connectivity index (χ3n) is 2.91. The third kappa shape index (κ3) is 3.78. The second kappa shape index (κ2) is 5.92. The lowest BCUT2D eigenvalue weighted by atomic mass is 10.0. The maximum Gasteiger partial charge on any atom is 0.246 e. The van der Waals surface area contributed by atoms with E-state index in [9.17, 15) is 4.79 Å². The topological polar surface area (TPSA) is 81.1 Å². The van der Waals surface area contributed by atoms with Gasteiger partial charge in [-0.3, -0.25) is 9.48 Å². The summed E-state index contributed by atoms with van der Waals surface area (Å²) in [7, 11) is 0. The molecule has 0 saturated carbocycles. The van der Waals surface area contributed by atoms with E-state index in [0.29, 0.717) is 6.54 Å². The minimum Gasteiger partial charge on any atom is -0.363 e. The zero-order valence-electron chi connectivity index (χ0n) is 10.6. The molecule has 2 N–H and O–H groups in total. The Hall–Kier alpha value is -1.47. The molecule has 1 aliphatic rings. The van der Waals surface area contributed by atoms with Crippen molar-refractivity contribution in [2.24, 2.45) is 0 Å². The first-order chi connectivity index (χ1) is 8.68. The second-order valence-corrected chi connectivity index (χ2v) is 4.71. The van der Waals surface area contributed by atoms with Crippen LogP contribution in [0.25, 0.3) is 0 Å². The predicted molar refractivity (Wildman–Crippen MR) is 64.9 cm³/mol. The molecule has 0 spiro atoms. The fourth-order valence-electron chi connectivity index (χ4n) is 1.69. The Kier molecular flexibility index (Phi) is 4.27. The highest BCUT2D eigenvalue weighted by Gasteiger charge is 2.32. The van der Waals surface area contributed by atoms with Gasteiger partial charge >= 0.3 is 0 Å². The first-order valence-corrected chi connectivity index (χ1v) is 6.13. The Balaban J connectivity index is 1.52. The van der Waals surface area contributed by atoms with Crippen LogP contribution in [0.4, 0.5) is 0 Å². The molecule has 1 aromatic rings. The van der Waals surface area contributed by atoms with Crippen LogP contribution in [0.15, 0.2) is 12.4 Å². The summed E-state index contributed by atoms with van der Waals surface area (Å²) in [4.78, 5) is 11.5. The van der Waals surface area contributed by atoms with Gasteiger partial charge in [-0.2, -0.15) is 0 Å². The zero-order chi connectivity index (χ0) is 12.8. The van der Waals surface area contributed by atoms with Crippen molar-refractivity contribution < 1.29 is 9.53 Å². The van der Waals surface area contributed by atoms with Gasteiger partial charge in [0.05, 0.1) is 11.8 Å². The van der Waals surface area contributed by atoms with E-state index >= 15 is 0 Å². The summed E-state index contributed by atoms with van der Waals surface area (Å²) in [5, 5.41) is 13.5. The van der Waals surface area contributed by atoms with Crippen molar-refractivity contribution in [3.8, 4) is 0 Å². The Morgan fingerprint density at radius 3 is 3.06 bits per heavy atom. The molecule has 18 heavy (non-hydrogen) atoms. The number of carbonyl (C=O) groups excluding carboxylic acids is 1. The molecule has 0 unspecified atom stereocenters. The van der Waals surface area contributed by atoms with Gasteiger partial charge in [-0.15, -0.1) is 5.10 Å². The van der Waals surface area contributed by atoms with Crippen LogP contribution in [0.3, 0.4) is 0 Å². The van der Waals surface area contributed by atoms with Crippen LogP contribution < -0.4 is 10.6 Å². The Bertz CT molecular complexity index is 375. The first-order valence-electron chi connectivity index (χ1n) is 6.13. The highest BCUT2D eigenvalue weighted by Crippen LogP contribution is 2.14. The minimum absolute atomic E-state index is 0.0679. The van der Waals surface area contributed by atoms with Crippen molar-refractivity contribution in [1.82, 2.24) is 25.6 Å². The van der Waals surface area contributed by atoms with Crippen molar-refractivity contribution in [3.63, 3.8) is 0 Å². The van der Waals surface area contributed by atoms with Gasteiger partial charge in [0.25, 0.3) is 0 Å². The van der Waals surface area contributed by atoms with Crippen molar-refractivity contribution >= 4 is 5.91 Å². The minimum atomic E-state index is -0.169. The molecule has 7 nitrogen and oxygen atoms in total. The van der Waals surface area contributed by atoms with Gasteiger partial charge < -0.3 is 15.4 Å². The number of aryl methyl sites for hydroxylation is 1. The quantitative estimate of drug-likeness (QED) is 0.619. The SMILES string of the molecule is CC1(OCC(=O)NCCCn2ccnn2)CNC1. The largest absolute Gasteiger partial charge is 0.363 e. The molecule has 2 heterocycles. The maximum absolute atomic E-state index is 11.5. The highest BCUT2D eigenvalue weighted by atomic mass is 16.5. The molecule has 1 saturated heterocycles. The van der Waals surface area contributed by atoms with E-state index in [-0.39, 0.29) is 18.1 Å². The van der Waals surface area contributed by atoms with E-state index in [2.05, 4.69) is 20.9 Å². The number of carbonyl (C=O) groups is 1. The number of aromatic nitrogens is 3. The number of amides is 1. The normalized spacial score (nSPS) is 17.2. The summed E-state index contributed by atoms with van der Waals surface area (Å²) < 4.78 is 7.27. The van der Waals surface area contributed by atoms with Gasteiger partial charge in [0.1, 0.15) is 6.61 Å². The van der Waals surface area contributed by atoms with Gasteiger partial charge in [0, 0.05) is 32.4 Å².